The highest BCUT2D eigenvalue weighted by molar-refractivity contribution is 5.92. The van der Waals surface area contributed by atoms with Crippen molar-refractivity contribution in [1.29, 1.82) is 0 Å². The second kappa shape index (κ2) is 10.7. The summed E-state index contributed by atoms with van der Waals surface area (Å²) in [6.45, 7) is 5.49. The third kappa shape index (κ3) is 5.95. The van der Waals surface area contributed by atoms with Gasteiger partial charge in [0.1, 0.15) is 18.2 Å². The zero-order chi connectivity index (χ0) is 26.9. The van der Waals surface area contributed by atoms with Crippen LogP contribution in [0, 0.1) is 12.8 Å². The van der Waals surface area contributed by atoms with Crippen LogP contribution in [0.25, 0.3) is 11.1 Å². The lowest BCUT2D eigenvalue weighted by Crippen LogP contribution is -2.37. The first kappa shape index (κ1) is 26.1. The third-order valence-corrected chi connectivity index (χ3v) is 7.06. The van der Waals surface area contributed by atoms with Gasteiger partial charge >= 0.3 is 18.3 Å². The quantitative estimate of drug-likeness (QED) is 0.602. The number of alkyl halides is 3. The second-order valence-corrected chi connectivity index (χ2v) is 9.82. The average molecular weight is 534 g/mol. The standard InChI is InChI=1S/C26H30F3N5O4/c1-17-2-3-20(30-24(35)33-5-4-18(16-33)15-26(27,28)29)14-21(17)19-12-22(32-6-9-37-10-7-32)31-23(13-19)34-8-11-38-25(34)36/h2-3,12-14,18H,4-11,15-16H2,1H3,(H,30,35)/t18-/m0/s1. The first-order valence-electron chi connectivity index (χ1n) is 12.7. The number of rotatable bonds is 5. The number of ether oxygens (including phenoxy) is 2. The third-order valence-electron chi connectivity index (χ3n) is 7.06. The molecule has 0 saturated carbocycles. The molecule has 3 aliphatic rings. The van der Waals surface area contributed by atoms with Gasteiger partial charge in [0.05, 0.1) is 19.8 Å². The Hall–Kier alpha value is -3.54. The molecule has 1 aromatic carbocycles. The fourth-order valence-electron chi connectivity index (χ4n) is 5.08. The summed E-state index contributed by atoms with van der Waals surface area (Å²) >= 11 is 0. The van der Waals surface area contributed by atoms with Gasteiger partial charge < -0.3 is 24.6 Å². The minimum Gasteiger partial charge on any atom is -0.447 e. The highest BCUT2D eigenvalue weighted by atomic mass is 19.4. The largest absolute Gasteiger partial charge is 0.447 e. The summed E-state index contributed by atoms with van der Waals surface area (Å²) in [5.41, 5.74) is 3.13. The van der Waals surface area contributed by atoms with Crippen molar-refractivity contribution in [2.45, 2.75) is 25.9 Å². The molecule has 9 nitrogen and oxygen atoms in total. The maximum Gasteiger partial charge on any atom is 0.415 e. The number of hydrogen-bond acceptors (Lipinski definition) is 6. The maximum atomic E-state index is 12.8. The molecule has 204 valence electrons. The first-order valence-corrected chi connectivity index (χ1v) is 12.7. The molecule has 3 amide bonds. The summed E-state index contributed by atoms with van der Waals surface area (Å²) in [5.74, 6) is 0.607. The van der Waals surface area contributed by atoms with Crippen molar-refractivity contribution in [2.24, 2.45) is 5.92 Å². The minimum atomic E-state index is -4.24. The molecule has 12 heteroatoms. The van der Waals surface area contributed by atoms with Crippen LogP contribution in [-0.4, -0.2) is 80.7 Å². The van der Waals surface area contributed by atoms with Crippen molar-refractivity contribution < 1.29 is 32.2 Å². The number of morpholine rings is 1. The number of hydrogen-bond donors (Lipinski definition) is 1. The fourth-order valence-corrected chi connectivity index (χ4v) is 5.08. The number of nitrogens with one attached hydrogen (secondary N) is 1. The number of aromatic nitrogens is 1. The van der Waals surface area contributed by atoms with Crippen molar-refractivity contribution in [3.63, 3.8) is 0 Å². The van der Waals surface area contributed by atoms with Crippen LogP contribution in [0.3, 0.4) is 0 Å². The predicted octanol–water partition coefficient (Wildman–Crippen LogP) is 4.66. The van der Waals surface area contributed by atoms with Crippen LogP contribution in [-0.2, 0) is 9.47 Å². The number of nitrogens with zero attached hydrogens (tertiary/aromatic N) is 4. The van der Waals surface area contributed by atoms with Gasteiger partial charge in [-0.3, -0.25) is 4.90 Å². The van der Waals surface area contributed by atoms with Crippen LogP contribution < -0.4 is 15.1 Å². The second-order valence-electron chi connectivity index (χ2n) is 9.82. The van der Waals surface area contributed by atoms with E-state index in [1.807, 2.05) is 31.2 Å². The van der Waals surface area contributed by atoms with Crippen molar-refractivity contribution >= 4 is 29.4 Å². The van der Waals surface area contributed by atoms with Crippen molar-refractivity contribution in [3.8, 4) is 11.1 Å². The van der Waals surface area contributed by atoms with Crippen LogP contribution in [0.5, 0.6) is 0 Å². The summed E-state index contributed by atoms with van der Waals surface area (Å²) in [4.78, 5) is 34.9. The molecule has 3 fully saturated rings. The molecule has 1 N–H and O–H groups in total. The van der Waals surface area contributed by atoms with E-state index in [1.54, 1.807) is 6.07 Å². The monoisotopic (exact) mass is 533 g/mol. The Morgan fingerprint density at radius 3 is 2.55 bits per heavy atom. The zero-order valence-electron chi connectivity index (χ0n) is 21.1. The van der Waals surface area contributed by atoms with E-state index in [0.717, 1.165) is 16.7 Å². The van der Waals surface area contributed by atoms with E-state index >= 15 is 0 Å². The van der Waals surface area contributed by atoms with Crippen LogP contribution in [0.4, 0.5) is 40.1 Å². The Bertz CT molecular complexity index is 1200. The number of likely N-dealkylation sites (tertiary alicyclic amines) is 1. The van der Waals surface area contributed by atoms with Gasteiger partial charge in [-0.15, -0.1) is 0 Å². The lowest BCUT2D eigenvalue weighted by molar-refractivity contribution is -0.143. The van der Waals surface area contributed by atoms with Gasteiger partial charge in [-0.05, 0) is 60.2 Å². The van der Waals surface area contributed by atoms with Crippen LogP contribution in [0.15, 0.2) is 30.3 Å². The molecule has 4 heterocycles. The molecule has 3 aliphatic heterocycles. The van der Waals surface area contributed by atoms with Crippen molar-refractivity contribution in [1.82, 2.24) is 9.88 Å². The van der Waals surface area contributed by atoms with Gasteiger partial charge in [-0.1, -0.05) is 6.07 Å². The van der Waals surface area contributed by atoms with Crippen LogP contribution in [0.1, 0.15) is 18.4 Å². The van der Waals surface area contributed by atoms with E-state index in [1.165, 1.54) is 9.80 Å². The Morgan fingerprint density at radius 1 is 1.08 bits per heavy atom. The van der Waals surface area contributed by atoms with Crippen molar-refractivity contribution in [2.75, 3.05) is 67.7 Å². The highest BCUT2D eigenvalue weighted by Gasteiger charge is 2.36. The number of urea groups is 1. The Kier molecular flexibility index (Phi) is 7.33. The molecular formula is C26H30F3N5O4. The van der Waals surface area contributed by atoms with Gasteiger partial charge in [0.15, 0.2) is 0 Å². The number of benzene rings is 1. The number of anilines is 3. The van der Waals surface area contributed by atoms with Gasteiger partial charge in [-0.25, -0.2) is 14.6 Å². The number of carbonyl (C=O) groups excluding carboxylic acids is 2. The first-order chi connectivity index (χ1) is 18.2. The van der Waals surface area contributed by atoms with E-state index in [9.17, 15) is 22.8 Å². The molecule has 0 spiro atoms. The van der Waals surface area contributed by atoms with Crippen LogP contribution in [0.2, 0.25) is 0 Å². The number of halogens is 3. The number of carbonyl (C=O) groups is 2. The molecule has 2 aromatic rings. The molecule has 0 unspecified atom stereocenters. The minimum absolute atomic E-state index is 0.0760. The number of amides is 3. The number of cyclic esters (lactones) is 1. The van der Waals surface area contributed by atoms with E-state index in [4.69, 9.17) is 14.5 Å². The SMILES string of the molecule is Cc1ccc(NC(=O)N2CC[C@@H](CC(F)(F)F)C2)cc1-c1cc(N2CCOCC2)nc(N2CCOC2=O)c1. The average Bonchev–Trinajstić information content (AvgIpc) is 3.53. The normalized spacial score (nSPS) is 20.2. The van der Waals surface area contributed by atoms with E-state index in [2.05, 4.69) is 10.2 Å². The van der Waals surface area contributed by atoms with Gasteiger partial charge in [-0.2, -0.15) is 13.2 Å². The molecule has 0 aliphatic carbocycles. The predicted molar refractivity (Wildman–Crippen MR) is 136 cm³/mol. The molecule has 3 saturated heterocycles. The molecule has 1 atom stereocenters. The molecule has 38 heavy (non-hydrogen) atoms. The smallest absolute Gasteiger partial charge is 0.415 e. The Labute approximate surface area is 218 Å². The summed E-state index contributed by atoms with van der Waals surface area (Å²) < 4.78 is 48.9. The lowest BCUT2D eigenvalue weighted by atomic mass is 10.00. The van der Waals surface area contributed by atoms with Gasteiger partial charge in [0, 0.05) is 38.3 Å². The summed E-state index contributed by atoms with van der Waals surface area (Å²) in [6.07, 6.45) is -5.24. The summed E-state index contributed by atoms with van der Waals surface area (Å²) in [5, 5.41) is 2.84. The molecule has 0 radical (unpaired) electrons. The van der Waals surface area contributed by atoms with E-state index in [0.29, 0.717) is 63.2 Å². The Morgan fingerprint density at radius 2 is 1.84 bits per heavy atom. The molecular weight excluding hydrogens is 503 g/mol. The van der Waals surface area contributed by atoms with E-state index in [-0.39, 0.29) is 13.1 Å². The lowest BCUT2D eigenvalue weighted by Gasteiger charge is -2.29. The van der Waals surface area contributed by atoms with Crippen molar-refractivity contribution in [3.05, 3.63) is 35.9 Å². The number of aryl methyl sites for hydroxylation is 1. The topological polar surface area (TPSA) is 87.2 Å². The molecule has 1 aromatic heterocycles. The maximum absolute atomic E-state index is 12.8. The van der Waals surface area contributed by atoms with Crippen LogP contribution >= 0.6 is 0 Å². The number of pyridine rings is 1. The fraction of sp³-hybridized carbons (Fsp3) is 0.500. The highest BCUT2D eigenvalue weighted by Crippen LogP contribution is 2.34. The van der Waals surface area contributed by atoms with Gasteiger partial charge in [0.2, 0.25) is 0 Å². The van der Waals surface area contributed by atoms with Gasteiger partial charge in [0.25, 0.3) is 0 Å². The Balaban J connectivity index is 1.39. The summed E-state index contributed by atoms with van der Waals surface area (Å²) in [7, 11) is 0. The molecule has 0 bridgehead atoms. The summed E-state index contributed by atoms with van der Waals surface area (Å²) in [6, 6.07) is 8.83. The van der Waals surface area contributed by atoms with E-state index < -0.39 is 30.6 Å². The molecule has 5 rings (SSSR count). The zero-order valence-corrected chi connectivity index (χ0v) is 21.1.